The molecule has 0 aliphatic carbocycles. The molecule has 1 aliphatic rings. The van der Waals surface area contributed by atoms with Gasteiger partial charge in [0.15, 0.2) is 0 Å². The first kappa shape index (κ1) is 16.0. The minimum absolute atomic E-state index is 0. The van der Waals surface area contributed by atoms with Crippen LogP contribution >= 0.6 is 12.4 Å². The lowest BCUT2D eigenvalue weighted by Crippen LogP contribution is -2.49. The molecule has 19 heavy (non-hydrogen) atoms. The zero-order valence-electron chi connectivity index (χ0n) is 11.3. The van der Waals surface area contributed by atoms with Crippen LogP contribution < -0.4 is 10.6 Å². The van der Waals surface area contributed by atoms with Crippen molar-refractivity contribution in [1.82, 2.24) is 10.2 Å². The summed E-state index contributed by atoms with van der Waals surface area (Å²) in [4.78, 5) is 14.1. The molecule has 2 N–H and O–H groups in total. The third-order valence-corrected chi connectivity index (χ3v) is 3.17. The molecule has 1 aromatic carbocycles. The Morgan fingerprint density at radius 2 is 2.16 bits per heavy atom. The Bertz CT molecular complexity index is 386. The van der Waals surface area contributed by atoms with Crippen molar-refractivity contribution in [2.45, 2.75) is 19.4 Å². The maximum absolute atomic E-state index is 11.8. The van der Waals surface area contributed by atoms with Crippen LogP contribution in [0.25, 0.3) is 0 Å². The van der Waals surface area contributed by atoms with Gasteiger partial charge in [-0.25, -0.2) is 0 Å². The van der Waals surface area contributed by atoms with Gasteiger partial charge < -0.3 is 15.5 Å². The van der Waals surface area contributed by atoms with Crippen LogP contribution in [0.1, 0.15) is 13.3 Å². The number of para-hydroxylation sites is 1. The number of carbonyl (C=O) groups excluding carboxylic acids is 1. The van der Waals surface area contributed by atoms with Gasteiger partial charge in [-0.15, -0.1) is 12.4 Å². The van der Waals surface area contributed by atoms with Gasteiger partial charge in [-0.3, -0.25) is 4.79 Å². The van der Waals surface area contributed by atoms with Gasteiger partial charge in [0, 0.05) is 44.3 Å². The second-order valence-corrected chi connectivity index (χ2v) is 4.82. The van der Waals surface area contributed by atoms with Crippen LogP contribution in [-0.4, -0.2) is 43.0 Å². The molecule has 5 heteroatoms. The summed E-state index contributed by atoms with van der Waals surface area (Å²) >= 11 is 0. The van der Waals surface area contributed by atoms with Crippen molar-refractivity contribution in [3.05, 3.63) is 30.3 Å². The first-order valence-corrected chi connectivity index (χ1v) is 6.54. The van der Waals surface area contributed by atoms with Crippen molar-refractivity contribution in [1.29, 1.82) is 0 Å². The molecule has 0 radical (unpaired) electrons. The van der Waals surface area contributed by atoms with Gasteiger partial charge in [-0.1, -0.05) is 18.2 Å². The first-order chi connectivity index (χ1) is 8.74. The van der Waals surface area contributed by atoms with Gasteiger partial charge in [0.25, 0.3) is 0 Å². The minimum Gasteiger partial charge on any atom is -0.326 e. The molecular formula is C14H22ClN3O. The molecule has 4 nitrogen and oxygen atoms in total. The number of carbonyl (C=O) groups is 1. The summed E-state index contributed by atoms with van der Waals surface area (Å²) in [6.07, 6.45) is 0.557. The third-order valence-electron chi connectivity index (χ3n) is 3.17. The number of nitrogens with zero attached hydrogens (tertiary/aromatic N) is 1. The molecule has 1 fully saturated rings. The summed E-state index contributed by atoms with van der Waals surface area (Å²) in [6.45, 7) is 6.09. The van der Waals surface area contributed by atoms with E-state index in [9.17, 15) is 4.79 Å². The lowest BCUT2D eigenvalue weighted by molar-refractivity contribution is -0.116. The number of amides is 1. The van der Waals surface area contributed by atoms with E-state index in [1.54, 1.807) is 0 Å². The predicted octanol–water partition coefficient (Wildman–Crippen LogP) is 1.73. The highest BCUT2D eigenvalue weighted by Crippen LogP contribution is 2.06. The molecule has 1 heterocycles. The Kier molecular flexibility index (Phi) is 6.84. The molecule has 2 rings (SSSR count). The quantitative estimate of drug-likeness (QED) is 0.885. The summed E-state index contributed by atoms with van der Waals surface area (Å²) in [6, 6.07) is 10.1. The number of halogens is 1. The topological polar surface area (TPSA) is 44.4 Å². The van der Waals surface area contributed by atoms with Crippen molar-refractivity contribution in [2.24, 2.45) is 0 Å². The Labute approximate surface area is 121 Å². The Hall–Kier alpha value is -1.10. The van der Waals surface area contributed by atoms with Gasteiger partial charge in [0.2, 0.25) is 5.91 Å². The zero-order valence-corrected chi connectivity index (χ0v) is 12.1. The largest absolute Gasteiger partial charge is 0.326 e. The van der Waals surface area contributed by atoms with Crippen molar-refractivity contribution in [3.63, 3.8) is 0 Å². The molecule has 106 valence electrons. The predicted molar refractivity (Wildman–Crippen MR) is 80.8 cm³/mol. The summed E-state index contributed by atoms with van der Waals surface area (Å²) in [5, 5.41) is 6.31. The van der Waals surface area contributed by atoms with Crippen LogP contribution in [0, 0.1) is 0 Å². The number of nitrogens with one attached hydrogen (secondary N) is 2. The molecule has 1 amide bonds. The van der Waals surface area contributed by atoms with Crippen molar-refractivity contribution in [2.75, 3.05) is 31.5 Å². The number of anilines is 1. The second kappa shape index (κ2) is 8.15. The van der Waals surface area contributed by atoms with E-state index in [0.29, 0.717) is 12.5 Å². The van der Waals surface area contributed by atoms with Gasteiger partial charge in [-0.2, -0.15) is 0 Å². The Morgan fingerprint density at radius 3 is 2.84 bits per heavy atom. The van der Waals surface area contributed by atoms with Crippen LogP contribution in [-0.2, 0) is 4.79 Å². The van der Waals surface area contributed by atoms with E-state index in [-0.39, 0.29) is 18.3 Å². The van der Waals surface area contributed by atoms with Crippen LogP contribution in [0.15, 0.2) is 30.3 Å². The highest BCUT2D eigenvalue weighted by Gasteiger charge is 2.15. The van der Waals surface area contributed by atoms with Crippen molar-refractivity contribution >= 4 is 24.0 Å². The van der Waals surface area contributed by atoms with Gasteiger partial charge in [0.1, 0.15) is 0 Å². The molecule has 1 unspecified atom stereocenters. The minimum atomic E-state index is 0. The lowest BCUT2D eigenvalue weighted by Gasteiger charge is -2.31. The van der Waals surface area contributed by atoms with E-state index in [4.69, 9.17) is 0 Å². The lowest BCUT2D eigenvalue weighted by atomic mass is 10.2. The fourth-order valence-electron chi connectivity index (χ4n) is 2.22. The monoisotopic (exact) mass is 283 g/mol. The van der Waals surface area contributed by atoms with Crippen LogP contribution in [0.4, 0.5) is 5.69 Å². The first-order valence-electron chi connectivity index (χ1n) is 6.54. The SMILES string of the molecule is CC1CN(CCC(=O)Nc2ccccc2)CCN1.Cl. The van der Waals surface area contributed by atoms with Crippen LogP contribution in [0.5, 0.6) is 0 Å². The average molecular weight is 284 g/mol. The number of rotatable bonds is 4. The van der Waals surface area contributed by atoms with Crippen LogP contribution in [0.3, 0.4) is 0 Å². The van der Waals surface area contributed by atoms with Crippen molar-refractivity contribution in [3.8, 4) is 0 Å². The number of benzene rings is 1. The summed E-state index contributed by atoms with van der Waals surface area (Å²) < 4.78 is 0. The molecule has 1 saturated heterocycles. The number of piperazine rings is 1. The second-order valence-electron chi connectivity index (χ2n) is 4.82. The molecule has 1 aromatic rings. The smallest absolute Gasteiger partial charge is 0.225 e. The fourth-order valence-corrected chi connectivity index (χ4v) is 2.22. The molecule has 1 atom stereocenters. The van der Waals surface area contributed by atoms with Gasteiger partial charge in [-0.05, 0) is 19.1 Å². The standard InChI is InChI=1S/C14H21N3O.ClH/c1-12-11-17(10-8-15-12)9-7-14(18)16-13-5-3-2-4-6-13;/h2-6,12,15H,7-11H2,1H3,(H,16,18);1H. The fraction of sp³-hybridized carbons (Fsp3) is 0.500. The number of hydrogen-bond donors (Lipinski definition) is 2. The average Bonchev–Trinajstić information content (AvgIpc) is 2.38. The Morgan fingerprint density at radius 1 is 1.42 bits per heavy atom. The molecule has 0 spiro atoms. The van der Waals surface area contributed by atoms with E-state index in [0.717, 1.165) is 31.9 Å². The normalized spacial score (nSPS) is 19.5. The Balaban J connectivity index is 0.00000180. The summed E-state index contributed by atoms with van der Waals surface area (Å²) in [5.41, 5.74) is 0.871. The van der Waals surface area contributed by atoms with E-state index in [1.807, 2.05) is 30.3 Å². The van der Waals surface area contributed by atoms with Crippen LogP contribution in [0.2, 0.25) is 0 Å². The highest BCUT2D eigenvalue weighted by atomic mass is 35.5. The highest BCUT2D eigenvalue weighted by molar-refractivity contribution is 5.90. The summed E-state index contributed by atoms with van der Waals surface area (Å²) in [7, 11) is 0. The third kappa shape index (κ3) is 5.59. The number of hydrogen-bond acceptors (Lipinski definition) is 3. The maximum atomic E-state index is 11.8. The maximum Gasteiger partial charge on any atom is 0.225 e. The molecule has 0 bridgehead atoms. The molecule has 0 saturated carbocycles. The summed E-state index contributed by atoms with van der Waals surface area (Å²) in [5.74, 6) is 0.0902. The van der Waals surface area contributed by atoms with Gasteiger partial charge in [0.05, 0.1) is 0 Å². The molecule has 0 aromatic heterocycles. The van der Waals surface area contributed by atoms with Crippen molar-refractivity contribution < 1.29 is 4.79 Å². The van der Waals surface area contributed by atoms with E-state index in [2.05, 4.69) is 22.5 Å². The van der Waals surface area contributed by atoms with Gasteiger partial charge >= 0.3 is 0 Å². The van der Waals surface area contributed by atoms with E-state index in [1.165, 1.54) is 0 Å². The molecule has 1 aliphatic heterocycles. The van der Waals surface area contributed by atoms with E-state index >= 15 is 0 Å². The van der Waals surface area contributed by atoms with E-state index < -0.39 is 0 Å². The zero-order chi connectivity index (χ0) is 12.8. The molecular weight excluding hydrogens is 262 g/mol.